The fourth-order valence-corrected chi connectivity index (χ4v) is 4.95. The quantitative estimate of drug-likeness (QED) is 0.332. The summed E-state index contributed by atoms with van der Waals surface area (Å²) in [4.78, 5) is 32.3. The van der Waals surface area contributed by atoms with Crippen molar-refractivity contribution in [2.75, 3.05) is 27.3 Å². The zero-order valence-corrected chi connectivity index (χ0v) is 22.7. The molecule has 0 radical (unpaired) electrons. The summed E-state index contributed by atoms with van der Waals surface area (Å²) in [6, 6.07) is 6.30. The molecule has 5 rings (SSSR count). The molecule has 1 amide bonds. The van der Waals surface area contributed by atoms with Crippen molar-refractivity contribution >= 4 is 16.8 Å². The normalized spacial score (nSPS) is 15.2. The van der Waals surface area contributed by atoms with E-state index in [4.69, 9.17) is 19.6 Å². The Morgan fingerprint density at radius 3 is 2.51 bits per heavy atom. The molecule has 10 nitrogen and oxygen atoms in total. The molecule has 216 valence electrons. The van der Waals surface area contributed by atoms with E-state index < -0.39 is 17.9 Å². The molecule has 0 aliphatic carbocycles. The molecule has 4 heterocycles. The van der Waals surface area contributed by atoms with Gasteiger partial charge in [0.2, 0.25) is 11.8 Å². The van der Waals surface area contributed by atoms with E-state index in [0.717, 1.165) is 18.9 Å². The number of carbonyl (C=O) groups excluding carboxylic acids is 1. The first kappa shape index (κ1) is 28.3. The molecule has 0 bridgehead atoms. The Hall–Kier alpha value is -4.26. The molecular weight excluding hydrogens is 541 g/mol. The van der Waals surface area contributed by atoms with Crippen LogP contribution in [0.2, 0.25) is 0 Å². The second-order valence-corrected chi connectivity index (χ2v) is 9.88. The van der Waals surface area contributed by atoms with Gasteiger partial charge in [-0.25, -0.2) is 15.0 Å². The van der Waals surface area contributed by atoms with E-state index in [1.807, 2.05) is 0 Å². The highest BCUT2D eigenvalue weighted by Crippen LogP contribution is 2.37. The number of alkyl halides is 3. The SMILES string of the molecule is COc1ccnc(CC2CCN(C(=O)c3nc(-c4ccc(OC)c5nc(C(F)(F)F)ccc45)oc3[C@H](C)N)CC2)n1. The number of nitrogens with zero attached hydrogens (tertiary/aromatic N) is 5. The first-order valence-corrected chi connectivity index (χ1v) is 13.1. The van der Waals surface area contributed by atoms with Crippen molar-refractivity contribution in [2.24, 2.45) is 11.7 Å². The molecule has 0 spiro atoms. The van der Waals surface area contributed by atoms with Crippen molar-refractivity contribution < 1.29 is 31.9 Å². The number of halogens is 3. The molecule has 1 saturated heterocycles. The van der Waals surface area contributed by atoms with Crippen LogP contribution in [0.3, 0.4) is 0 Å². The number of rotatable bonds is 7. The minimum atomic E-state index is -4.63. The number of ether oxygens (including phenoxy) is 2. The van der Waals surface area contributed by atoms with Crippen molar-refractivity contribution in [2.45, 2.75) is 38.4 Å². The molecular formula is C28H29F3N6O4. The Morgan fingerprint density at radius 2 is 1.85 bits per heavy atom. The summed E-state index contributed by atoms with van der Waals surface area (Å²) in [5.41, 5.74) is 5.52. The van der Waals surface area contributed by atoms with Gasteiger partial charge in [0, 0.05) is 42.7 Å². The van der Waals surface area contributed by atoms with Crippen molar-refractivity contribution in [3.8, 4) is 23.1 Å². The van der Waals surface area contributed by atoms with Gasteiger partial charge in [-0.3, -0.25) is 4.79 Å². The van der Waals surface area contributed by atoms with Crippen molar-refractivity contribution in [3.63, 3.8) is 0 Å². The molecule has 4 aromatic rings. The first-order valence-electron chi connectivity index (χ1n) is 13.1. The van der Waals surface area contributed by atoms with Gasteiger partial charge >= 0.3 is 6.18 Å². The summed E-state index contributed by atoms with van der Waals surface area (Å²) >= 11 is 0. The molecule has 1 fully saturated rings. The highest BCUT2D eigenvalue weighted by Gasteiger charge is 2.34. The van der Waals surface area contributed by atoms with Gasteiger partial charge in [-0.2, -0.15) is 18.2 Å². The number of pyridine rings is 1. The molecule has 1 aliphatic rings. The molecule has 1 atom stereocenters. The molecule has 1 aromatic carbocycles. The fraction of sp³-hybridized carbons (Fsp3) is 0.393. The standard InChI is InChI=1S/C28H29F3N6O4/c1-15(32)25-24(27(38)37-12-9-16(10-13-37)14-21-33-11-8-22(35-21)40-3)36-26(41-25)18-4-6-19(39-2)23-17(18)5-7-20(34-23)28(29,30)31/h4-8,11,15-16H,9-10,12-14,32H2,1-3H3/t15-/m0/s1. The number of carbonyl (C=O) groups is 1. The van der Waals surface area contributed by atoms with E-state index in [-0.39, 0.29) is 34.5 Å². The van der Waals surface area contributed by atoms with Gasteiger partial charge in [0.1, 0.15) is 22.8 Å². The Kier molecular flexibility index (Phi) is 7.80. The molecule has 2 N–H and O–H groups in total. The lowest BCUT2D eigenvalue weighted by atomic mass is 9.93. The van der Waals surface area contributed by atoms with Gasteiger partial charge in [0.25, 0.3) is 5.91 Å². The van der Waals surface area contributed by atoms with Gasteiger partial charge in [0.05, 0.1) is 20.3 Å². The summed E-state index contributed by atoms with van der Waals surface area (Å²) in [6.07, 6.45) is -0.794. The van der Waals surface area contributed by atoms with Crippen LogP contribution in [0, 0.1) is 5.92 Å². The zero-order valence-electron chi connectivity index (χ0n) is 22.7. The molecule has 0 unspecified atom stereocenters. The monoisotopic (exact) mass is 570 g/mol. The van der Waals surface area contributed by atoms with Crippen molar-refractivity contribution in [1.29, 1.82) is 0 Å². The number of hydrogen-bond donors (Lipinski definition) is 1. The maximum Gasteiger partial charge on any atom is 0.433 e. The summed E-state index contributed by atoms with van der Waals surface area (Å²) < 4.78 is 56.4. The van der Waals surface area contributed by atoms with Gasteiger partial charge < -0.3 is 24.5 Å². The smallest absolute Gasteiger partial charge is 0.433 e. The zero-order chi connectivity index (χ0) is 29.3. The van der Waals surface area contributed by atoms with E-state index in [9.17, 15) is 18.0 Å². The van der Waals surface area contributed by atoms with E-state index in [1.54, 1.807) is 37.3 Å². The highest BCUT2D eigenvalue weighted by molar-refractivity contribution is 5.98. The highest BCUT2D eigenvalue weighted by atomic mass is 19.4. The number of nitrogens with two attached hydrogens (primary N) is 1. The lowest BCUT2D eigenvalue weighted by Crippen LogP contribution is -2.39. The maximum absolute atomic E-state index is 13.6. The van der Waals surface area contributed by atoms with Gasteiger partial charge in [-0.15, -0.1) is 0 Å². The van der Waals surface area contributed by atoms with E-state index in [2.05, 4.69) is 19.9 Å². The van der Waals surface area contributed by atoms with Crippen LogP contribution in [0.15, 0.2) is 40.9 Å². The average molecular weight is 571 g/mol. The van der Waals surface area contributed by atoms with Crippen molar-refractivity contribution in [3.05, 3.63) is 59.5 Å². The van der Waals surface area contributed by atoms with Gasteiger partial charge in [0.15, 0.2) is 11.5 Å². The second-order valence-electron chi connectivity index (χ2n) is 9.88. The van der Waals surface area contributed by atoms with Crippen LogP contribution in [-0.2, 0) is 12.6 Å². The van der Waals surface area contributed by atoms with Crippen LogP contribution in [0.5, 0.6) is 11.6 Å². The number of likely N-dealkylation sites (tertiary alicyclic amines) is 1. The second kappa shape index (κ2) is 11.3. The Bertz CT molecular complexity index is 1560. The lowest BCUT2D eigenvalue weighted by Gasteiger charge is -2.31. The topological polar surface area (TPSA) is 129 Å². The Morgan fingerprint density at radius 1 is 1.10 bits per heavy atom. The van der Waals surface area contributed by atoms with E-state index in [0.29, 0.717) is 48.1 Å². The Labute approximate surface area is 233 Å². The largest absolute Gasteiger partial charge is 0.494 e. The van der Waals surface area contributed by atoms with Gasteiger partial charge in [-0.1, -0.05) is 0 Å². The van der Waals surface area contributed by atoms with Crippen LogP contribution in [0.4, 0.5) is 13.2 Å². The summed E-state index contributed by atoms with van der Waals surface area (Å²) in [5, 5.41) is 0.328. The third-order valence-electron chi connectivity index (χ3n) is 7.09. The molecule has 13 heteroatoms. The number of benzene rings is 1. The van der Waals surface area contributed by atoms with Gasteiger partial charge in [-0.05, 0) is 49.9 Å². The fourth-order valence-electron chi connectivity index (χ4n) is 4.95. The van der Waals surface area contributed by atoms with E-state index >= 15 is 0 Å². The molecule has 41 heavy (non-hydrogen) atoms. The lowest BCUT2D eigenvalue weighted by molar-refractivity contribution is -0.140. The van der Waals surface area contributed by atoms with Crippen LogP contribution in [0.1, 0.15) is 53.6 Å². The first-order chi connectivity index (χ1) is 19.6. The number of oxazole rings is 1. The van der Waals surface area contributed by atoms with E-state index in [1.165, 1.54) is 19.2 Å². The summed E-state index contributed by atoms with van der Waals surface area (Å²) in [7, 11) is 2.90. The molecule has 1 aliphatic heterocycles. The predicted molar refractivity (Wildman–Crippen MR) is 142 cm³/mol. The molecule has 0 saturated carbocycles. The van der Waals surface area contributed by atoms with Crippen LogP contribution in [0.25, 0.3) is 22.4 Å². The van der Waals surface area contributed by atoms with Crippen LogP contribution >= 0.6 is 0 Å². The molecule has 3 aromatic heterocycles. The Balaban J connectivity index is 1.40. The van der Waals surface area contributed by atoms with Crippen molar-refractivity contribution in [1.82, 2.24) is 24.8 Å². The predicted octanol–water partition coefficient (Wildman–Crippen LogP) is 4.83. The maximum atomic E-state index is 13.6. The third-order valence-corrected chi connectivity index (χ3v) is 7.09. The minimum absolute atomic E-state index is 0.00432. The third kappa shape index (κ3) is 5.80. The average Bonchev–Trinajstić information content (AvgIpc) is 3.41. The number of fused-ring (bicyclic) bond motifs is 1. The minimum Gasteiger partial charge on any atom is -0.494 e. The number of methoxy groups -OCH3 is 2. The summed E-state index contributed by atoms with van der Waals surface area (Å²) in [6.45, 7) is 2.68. The number of hydrogen-bond acceptors (Lipinski definition) is 9. The number of piperidine rings is 1. The number of aromatic nitrogens is 4. The summed E-state index contributed by atoms with van der Waals surface area (Å²) in [5.74, 6) is 1.59. The van der Waals surface area contributed by atoms with Crippen LogP contribution < -0.4 is 15.2 Å². The number of amides is 1. The van der Waals surface area contributed by atoms with Crippen LogP contribution in [-0.4, -0.2) is 58.1 Å².